The topological polar surface area (TPSA) is 235 Å². The molecule has 13 heteroatoms. The van der Waals surface area contributed by atoms with Gasteiger partial charge < -0.3 is 43.4 Å². The fourth-order valence-electron chi connectivity index (χ4n) is 4.34. The van der Waals surface area contributed by atoms with Crippen LogP contribution in [-0.2, 0) is 32.0 Å². The van der Waals surface area contributed by atoms with E-state index in [2.05, 4.69) is 20.9 Å². The molecule has 2 rings (SSSR count). The predicted molar refractivity (Wildman–Crippen MR) is 163 cm³/mol. The lowest BCUT2D eigenvalue weighted by Gasteiger charge is -2.26. The van der Waals surface area contributed by atoms with Crippen molar-refractivity contribution >= 4 is 29.7 Å². The number of nitrogens with two attached hydrogens (primary N) is 3. The minimum atomic E-state index is -1.25. The normalized spacial score (nSPS) is 13.7. The van der Waals surface area contributed by atoms with E-state index in [-0.39, 0.29) is 43.4 Å². The summed E-state index contributed by atoms with van der Waals surface area (Å²) in [5, 5.41) is 27.3. The fourth-order valence-corrected chi connectivity index (χ4v) is 4.34. The molecule has 0 aliphatic rings. The van der Waals surface area contributed by atoms with E-state index in [1.807, 2.05) is 13.8 Å². The Morgan fingerprint density at radius 2 is 1.30 bits per heavy atom. The van der Waals surface area contributed by atoms with E-state index in [4.69, 9.17) is 17.2 Å². The van der Waals surface area contributed by atoms with Gasteiger partial charge in [0.25, 0.3) is 0 Å². The first-order valence-electron chi connectivity index (χ1n) is 14.1. The third kappa shape index (κ3) is 12.8. The van der Waals surface area contributed by atoms with Crippen LogP contribution in [0.5, 0.6) is 5.75 Å². The van der Waals surface area contributed by atoms with Crippen molar-refractivity contribution in [2.45, 2.75) is 70.1 Å². The van der Waals surface area contributed by atoms with Gasteiger partial charge in [0.15, 0.2) is 5.96 Å². The third-order valence-electron chi connectivity index (χ3n) is 6.55. The van der Waals surface area contributed by atoms with E-state index in [1.165, 1.54) is 12.1 Å². The molecule has 0 saturated heterocycles. The van der Waals surface area contributed by atoms with Crippen molar-refractivity contribution in [3.8, 4) is 5.75 Å². The molecule has 0 aliphatic carbocycles. The highest BCUT2D eigenvalue weighted by atomic mass is 16.4. The van der Waals surface area contributed by atoms with Gasteiger partial charge in [0.05, 0.1) is 6.04 Å². The number of aliphatic imine (C=N–C) groups is 1. The molecule has 2 aromatic carbocycles. The zero-order valence-corrected chi connectivity index (χ0v) is 24.5. The molecule has 43 heavy (non-hydrogen) atoms. The number of nitrogens with one attached hydrogen (secondary N) is 3. The Labute approximate surface area is 251 Å². The first-order valence-corrected chi connectivity index (χ1v) is 14.1. The smallest absolute Gasteiger partial charge is 0.326 e. The summed E-state index contributed by atoms with van der Waals surface area (Å²) in [7, 11) is 0. The predicted octanol–water partition coefficient (Wildman–Crippen LogP) is 0.143. The number of aromatic hydroxyl groups is 1. The number of guanidine groups is 1. The van der Waals surface area contributed by atoms with E-state index in [1.54, 1.807) is 42.5 Å². The number of carboxylic acids is 1. The summed E-state index contributed by atoms with van der Waals surface area (Å²) in [5.74, 6) is -3.08. The second kappa shape index (κ2) is 17.3. The van der Waals surface area contributed by atoms with Crippen LogP contribution in [0.3, 0.4) is 0 Å². The highest BCUT2D eigenvalue weighted by Crippen LogP contribution is 2.13. The summed E-state index contributed by atoms with van der Waals surface area (Å²) in [6.07, 6.45) is 0.859. The summed E-state index contributed by atoms with van der Waals surface area (Å²) < 4.78 is 0. The number of amides is 3. The number of carboxylic acid groups (broad SMARTS) is 1. The molecule has 234 valence electrons. The van der Waals surface area contributed by atoms with Gasteiger partial charge in [-0.2, -0.15) is 0 Å². The van der Waals surface area contributed by atoms with E-state index >= 15 is 0 Å². The number of carbonyl (C=O) groups is 4. The monoisotopic (exact) mass is 597 g/mol. The van der Waals surface area contributed by atoms with Gasteiger partial charge in [0.1, 0.15) is 23.9 Å². The van der Waals surface area contributed by atoms with Crippen LogP contribution in [0.25, 0.3) is 0 Å². The number of carbonyl (C=O) groups excluding carboxylic acids is 3. The van der Waals surface area contributed by atoms with Gasteiger partial charge >= 0.3 is 5.97 Å². The maximum Gasteiger partial charge on any atom is 0.326 e. The van der Waals surface area contributed by atoms with Gasteiger partial charge in [-0.25, -0.2) is 4.79 Å². The summed E-state index contributed by atoms with van der Waals surface area (Å²) >= 11 is 0. The van der Waals surface area contributed by atoms with Crippen molar-refractivity contribution in [1.29, 1.82) is 0 Å². The molecule has 0 aliphatic heterocycles. The van der Waals surface area contributed by atoms with Gasteiger partial charge in [-0.15, -0.1) is 0 Å². The minimum absolute atomic E-state index is 0.0404. The fraction of sp³-hybridized carbons (Fsp3) is 0.433. The van der Waals surface area contributed by atoms with Gasteiger partial charge in [-0.1, -0.05) is 56.3 Å². The van der Waals surface area contributed by atoms with Crippen molar-refractivity contribution in [1.82, 2.24) is 16.0 Å². The van der Waals surface area contributed by atoms with Crippen molar-refractivity contribution in [3.05, 3.63) is 65.7 Å². The van der Waals surface area contributed by atoms with E-state index in [0.29, 0.717) is 18.4 Å². The molecule has 4 atom stereocenters. The van der Waals surface area contributed by atoms with Crippen LogP contribution < -0.4 is 33.2 Å². The minimum Gasteiger partial charge on any atom is -0.508 e. The zero-order chi connectivity index (χ0) is 31.9. The maximum atomic E-state index is 13.6. The quantitative estimate of drug-likeness (QED) is 0.0702. The van der Waals surface area contributed by atoms with Crippen molar-refractivity contribution < 1.29 is 29.4 Å². The summed E-state index contributed by atoms with van der Waals surface area (Å²) in [6.45, 7) is 4.03. The SMILES string of the molecule is CC(C)C[C@H](N)C(=O)N[C@@H](Cc1ccc(O)cc1)C(=O)N[C@@H](Cc1ccccc1)C(=O)N[C@@H](CCCN=C(N)N)C(=O)O. The molecule has 0 fully saturated rings. The second-order valence-electron chi connectivity index (χ2n) is 10.8. The first kappa shape index (κ1) is 34.6. The Morgan fingerprint density at radius 3 is 1.81 bits per heavy atom. The number of nitrogens with zero attached hydrogens (tertiary/aromatic N) is 1. The highest BCUT2D eigenvalue weighted by molar-refractivity contribution is 5.94. The highest BCUT2D eigenvalue weighted by Gasteiger charge is 2.31. The first-order chi connectivity index (χ1) is 20.3. The van der Waals surface area contributed by atoms with Crippen LogP contribution in [0, 0.1) is 5.92 Å². The van der Waals surface area contributed by atoms with Crippen molar-refractivity contribution in [3.63, 3.8) is 0 Å². The molecular formula is C30H43N7O6. The molecule has 0 bridgehead atoms. The number of benzene rings is 2. The molecule has 2 aromatic rings. The zero-order valence-electron chi connectivity index (χ0n) is 24.5. The van der Waals surface area contributed by atoms with Crippen LogP contribution in [0.1, 0.15) is 44.2 Å². The molecule has 0 spiro atoms. The number of hydrogen-bond donors (Lipinski definition) is 8. The molecule has 0 radical (unpaired) electrons. The third-order valence-corrected chi connectivity index (χ3v) is 6.55. The molecule has 3 amide bonds. The molecule has 0 saturated carbocycles. The van der Waals surface area contributed by atoms with E-state index < -0.39 is 47.9 Å². The lowest BCUT2D eigenvalue weighted by molar-refractivity contribution is -0.142. The molecule has 0 aromatic heterocycles. The van der Waals surface area contributed by atoms with Crippen LogP contribution >= 0.6 is 0 Å². The summed E-state index contributed by atoms with van der Waals surface area (Å²) in [6, 6.07) is 10.7. The van der Waals surface area contributed by atoms with E-state index in [9.17, 15) is 29.4 Å². The number of phenols is 1. The number of aliphatic carboxylic acids is 1. The number of rotatable bonds is 17. The maximum absolute atomic E-state index is 13.6. The largest absolute Gasteiger partial charge is 0.508 e. The number of phenolic OH excluding ortho intramolecular Hbond substituents is 1. The molecule has 11 N–H and O–H groups in total. The van der Waals surface area contributed by atoms with Gasteiger partial charge in [-0.05, 0) is 48.4 Å². The Kier molecular flexibility index (Phi) is 13.9. The molecule has 0 heterocycles. The standard InChI is InChI=1S/C30H43N7O6/c1-18(2)15-22(31)26(39)36-24(17-20-10-12-21(38)13-11-20)28(41)37-25(16-19-7-4-3-5-8-19)27(40)35-23(29(42)43)9-6-14-34-30(32)33/h3-5,7-8,10-13,18,22-25,38H,6,9,14-17,31H2,1-2H3,(H,35,40)(H,36,39)(H,37,41)(H,42,43)(H4,32,33,34)/t22-,23-,24-,25-/m0/s1. The second-order valence-corrected chi connectivity index (χ2v) is 10.8. The average Bonchev–Trinajstić information content (AvgIpc) is 2.94. The van der Waals surface area contributed by atoms with Crippen LogP contribution in [0.2, 0.25) is 0 Å². The summed E-state index contributed by atoms with van der Waals surface area (Å²) in [5.41, 5.74) is 18.1. The Bertz CT molecular complexity index is 1230. The Hall–Kier alpha value is -4.65. The molecule has 0 unspecified atom stereocenters. The molecule has 13 nitrogen and oxygen atoms in total. The Morgan fingerprint density at radius 1 is 0.791 bits per heavy atom. The van der Waals surface area contributed by atoms with Gasteiger partial charge in [0, 0.05) is 19.4 Å². The average molecular weight is 598 g/mol. The van der Waals surface area contributed by atoms with Crippen molar-refractivity contribution in [2.75, 3.05) is 6.54 Å². The van der Waals surface area contributed by atoms with Gasteiger partial charge in [0.2, 0.25) is 17.7 Å². The van der Waals surface area contributed by atoms with Crippen molar-refractivity contribution in [2.24, 2.45) is 28.1 Å². The Balaban J connectivity index is 2.29. The van der Waals surface area contributed by atoms with Crippen LogP contribution in [0.4, 0.5) is 0 Å². The lowest BCUT2D eigenvalue weighted by Crippen LogP contribution is -2.58. The van der Waals surface area contributed by atoms with Gasteiger partial charge in [-0.3, -0.25) is 19.4 Å². The lowest BCUT2D eigenvalue weighted by atomic mass is 10.0. The molecular weight excluding hydrogens is 554 g/mol. The van der Waals surface area contributed by atoms with E-state index in [0.717, 1.165) is 5.56 Å². The van der Waals surface area contributed by atoms with Crippen LogP contribution in [-0.4, -0.2) is 70.6 Å². The summed E-state index contributed by atoms with van der Waals surface area (Å²) in [4.78, 5) is 55.7. The number of hydrogen-bond acceptors (Lipinski definition) is 7. The van der Waals surface area contributed by atoms with Crippen LogP contribution in [0.15, 0.2) is 59.6 Å².